The lowest BCUT2D eigenvalue weighted by molar-refractivity contribution is 0.176. The number of pyridine rings is 1. The number of nitrogens with zero attached hydrogens (tertiary/aromatic N) is 2. The number of anilines is 1. The number of hydrogen-bond acceptors (Lipinski definition) is 5. The van der Waals surface area contributed by atoms with Crippen LogP contribution >= 0.6 is 0 Å². The summed E-state index contributed by atoms with van der Waals surface area (Å²) in [7, 11) is -1.87. The van der Waals surface area contributed by atoms with Crippen LogP contribution < -0.4 is 10.0 Å². The summed E-state index contributed by atoms with van der Waals surface area (Å²) in [5.41, 5.74) is 0.531. The van der Waals surface area contributed by atoms with Crippen molar-refractivity contribution in [2.75, 3.05) is 25.5 Å². The van der Waals surface area contributed by atoms with Gasteiger partial charge < -0.3 is 10.2 Å². The Hall–Kier alpha value is -1.18. The van der Waals surface area contributed by atoms with Crippen LogP contribution in [-0.4, -0.2) is 50.5 Å². The molecule has 1 aromatic rings. The second-order valence-electron chi connectivity index (χ2n) is 5.78. The Bertz CT molecular complexity index is 605. The van der Waals surface area contributed by atoms with Crippen LogP contribution in [0.3, 0.4) is 0 Å². The first-order valence-corrected chi connectivity index (χ1v) is 8.97. The van der Waals surface area contributed by atoms with Crippen molar-refractivity contribution >= 4 is 15.7 Å². The summed E-state index contributed by atoms with van der Waals surface area (Å²) in [5, 5.41) is 2.97. The minimum atomic E-state index is -3.57. The average molecular weight is 310 g/mol. The van der Waals surface area contributed by atoms with Crippen LogP contribution in [-0.2, 0) is 10.0 Å². The molecule has 7 heteroatoms. The Morgan fingerprint density at radius 1 is 1.33 bits per heavy atom. The number of aromatic nitrogens is 1. The van der Waals surface area contributed by atoms with E-state index >= 15 is 0 Å². The Labute approximate surface area is 126 Å². The SMILES string of the molecule is CNc1cccnc1S(=O)(=O)NC1CCN2CCCC2C1. The van der Waals surface area contributed by atoms with Gasteiger partial charge in [0.1, 0.15) is 0 Å². The molecule has 0 amide bonds. The highest BCUT2D eigenvalue weighted by Crippen LogP contribution is 2.28. The van der Waals surface area contributed by atoms with Gasteiger partial charge in [-0.05, 0) is 50.9 Å². The third-order valence-electron chi connectivity index (χ3n) is 4.44. The van der Waals surface area contributed by atoms with Crippen LogP contribution in [0.1, 0.15) is 25.7 Å². The molecule has 2 atom stereocenters. The van der Waals surface area contributed by atoms with Gasteiger partial charge in [0, 0.05) is 25.3 Å². The number of nitrogens with one attached hydrogen (secondary N) is 2. The van der Waals surface area contributed by atoms with Crippen LogP contribution in [0, 0.1) is 0 Å². The first kappa shape index (κ1) is 14.7. The highest BCUT2D eigenvalue weighted by atomic mass is 32.2. The fourth-order valence-corrected chi connectivity index (χ4v) is 4.83. The summed E-state index contributed by atoms with van der Waals surface area (Å²) in [6, 6.07) is 4.00. The van der Waals surface area contributed by atoms with Gasteiger partial charge in [0.15, 0.2) is 5.03 Å². The number of piperidine rings is 1. The van der Waals surface area contributed by atoms with Gasteiger partial charge in [0.25, 0.3) is 10.0 Å². The van der Waals surface area contributed by atoms with E-state index in [1.54, 1.807) is 19.2 Å². The maximum atomic E-state index is 12.5. The van der Waals surface area contributed by atoms with E-state index in [1.165, 1.54) is 19.0 Å². The Morgan fingerprint density at radius 2 is 2.19 bits per heavy atom. The molecule has 2 N–H and O–H groups in total. The molecule has 0 radical (unpaired) electrons. The zero-order valence-electron chi connectivity index (χ0n) is 12.2. The predicted molar refractivity (Wildman–Crippen MR) is 81.7 cm³/mol. The molecule has 0 bridgehead atoms. The molecule has 3 heterocycles. The second-order valence-corrected chi connectivity index (χ2v) is 7.41. The first-order chi connectivity index (χ1) is 10.1. The molecule has 2 aliphatic rings. The lowest BCUT2D eigenvalue weighted by Gasteiger charge is -2.34. The molecular formula is C14H22N4O2S. The summed E-state index contributed by atoms with van der Waals surface area (Å²) in [6.45, 7) is 2.15. The van der Waals surface area contributed by atoms with Crippen molar-refractivity contribution in [1.29, 1.82) is 0 Å². The van der Waals surface area contributed by atoms with Crippen LogP contribution in [0.15, 0.2) is 23.4 Å². The fourth-order valence-electron chi connectivity index (χ4n) is 3.40. The van der Waals surface area contributed by atoms with Gasteiger partial charge in [-0.1, -0.05) is 0 Å². The van der Waals surface area contributed by atoms with E-state index in [1.807, 2.05) is 0 Å². The molecule has 2 saturated heterocycles. The Kier molecular flexibility index (Phi) is 4.14. The third-order valence-corrected chi connectivity index (χ3v) is 5.92. The molecule has 0 aromatic carbocycles. The summed E-state index contributed by atoms with van der Waals surface area (Å²) >= 11 is 0. The third kappa shape index (κ3) is 3.04. The summed E-state index contributed by atoms with van der Waals surface area (Å²) in [4.78, 5) is 6.51. The molecule has 0 spiro atoms. The van der Waals surface area contributed by atoms with E-state index in [0.29, 0.717) is 11.7 Å². The predicted octanol–water partition coefficient (Wildman–Crippen LogP) is 1.03. The standard InChI is InChI=1S/C14H22N4O2S/c1-15-13-5-2-7-16-14(13)21(19,20)17-11-6-9-18-8-3-4-12(18)10-11/h2,5,7,11-12,15,17H,3-4,6,8-10H2,1H3. The fraction of sp³-hybridized carbons (Fsp3) is 0.643. The molecule has 2 fully saturated rings. The Morgan fingerprint density at radius 3 is 3.00 bits per heavy atom. The number of fused-ring (bicyclic) bond motifs is 1. The average Bonchev–Trinajstić information content (AvgIpc) is 2.94. The van der Waals surface area contributed by atoms with E-state index in [0.717, 1.165) is 25.9 Å². The van der Waals surface area contributed by atoms with Gasteiger partial charge in [-0.3, -0.25) is 0 Å². The van der Waals surface area contributed by atoms with Gasteiger partial charge >= 0.3 is 0 Å². The molecule has 116 valence electrons. The van der Waals surface area contributed by atoms with Crippen LogP contribution in [0.25, 0.3) is 0 Å². The molecule has 6 nitrogen and oxygen atoms in total. The van der Waals surface area contributed by atoms with Gasteiger partial charge in [0.05, 0.1) is 5.69 Å². The maximum Gasteiger partial charge on any atom is 0.260 e. The van der Waals surface area contributed by atoms with Crippen molar-refractivity contribution in [2.24, 2.45) is 0 Å². The number of hydrogen-bond donors (Lipinski definition) is 2. The summed E-state index contributed by atoms with van der Waals surface area (Å²) in [6.07, 6.45) is 5.70. The number of rotatable bonds is 4. The van der Waals surface area contributed by atoms with Crippen LogP contribution in [0.4, 0.5) is 5.69 Å². The topological polar surface area (TPSA) is 74.3 Å². The quantitative estimate of drug-likeness (QED) is 0.869. The van der Waals surface area contributed by atoms with E-state index in [2.05, 4.69) is 19.9 Å². The molecule has 0 saturated carbocycles. The molecule has 0 aliphatic carbocycles. The minimum absolute atomic E-state index is 0.0149. The van der Waals surface area contributed by atoms with Crippen LogP contribution in [0.5, 0.6) is 0 Å². The van der Waals surface area contributed by atoms with Gasteiger partial charge in [-0.25, -0.2) is 18.1 Å². The zero-order chi connectivity index (χ0) is 14.9. The Balaban J connectivity index is 1.74. The minimum Gasteiger partial charge on any atom is -0.386 e. The van der Waals surface area contributed by atoms with Crippen molar-refractivity contribution in [2.45, 2.75) is 42.8 Å². The van der Waals surface area contributed by atoms with Crippen molar-refractivity contribution in [3.63, 3.8) is 0 Å². The lowest BCUT2D eigenvalue weighted by Crippen LogP contribution is -2.47. The van der Waals surface area contributed by atoms with Crippen molar-refractivity contribution in [3.8, 4) is 0 Å². The molecule has 2 unspecified atom stereocenters. The van der Waals surface area contributed by atoms with Gasteiger partial charge in [0.2, 0.25) is 0 Å². The van der Waals surface area contributed by atoms with E-state index in [-0.39, 0.29) is 11.1 Å². The van der Waals surface area contributed by atoms with E-state index < -0.39 is 10.0 Å². The molecule has 2 aliphatic heterocycles. The second kappa shape index (κ2) is 5.90. The lowest BCUT2D eigenvalue weighted by atomic mass is 9.99. The number of sulfonamides is 1. The molecular weight excluding hydrogens is 288 g/mol. The smallest absolute Gasteiger partial charge is 0.260 e. The normalized spacial score (nSPS) is 26.5. The maximum absolute atomic E-state index is 12.5. The van der Waals surface area contributed by atoms with Crippen molar-refractivity contribution in [3.05, 3.63) is 18.3 Å². The highest BCUT2D eigenvalue weighted by molar-refractivity contribution is 7.89. The van der Waals surface area contributed by atoms with E-state index in [9.17, 15) is 8.42 Å². The van der Waals surface area contributed by atoms with Gasteiger partial charge in [-0.2, -0.15) is 0 Å². The summed E-state index contributed by atoms with van der Waals surface area (Å²) in [5.74, 6) is 0. The van der Waals surface area contributed by atoms with Gasteiger partial charge in [-0.15, -0.1) is 0 Å². The zero-order valence-corrected chi connectivity index (χ0v) is 13.1. The summed E-state index contributed by atoms with van der Waals surface area (Å²) < 4.78 is 27.9. The van der Waals surface area contributed by atoms with E-state index in [4.69, 9.17) is 0 Å². The molecule has 1 aromatic heterocycles. The first-order valence-electron chi connectivity index (χ1n) is 7.49. The highest BCUT2D eigenvalue weighted by Gasteiger charge is 2.34. The molecule has 21 heavy (non-hydrogen) atoms. The van der Waals surface area contributed by atoms with Crippen molar-refractivity contribution in [1.82, 2.24) is 14.6 Å². The van der Waals surface area contributed by atoms with Crippen molar-refractivity contribution < 1.29 is 8.42 Å². The monoisotopic (exact) mass is 310 g/mol. The van der Waals surface area contributed by atoms with Crippen LogP contribution in [0.2, 0.25) is 0 Å². The largest absolute Gasteiger partial charge is 0.386 e. The molecule has 3 rings (SSSR count).